The first-order chi connectivity index (χ1) is 18.9. The average Bonchev–Trinajstić information content (AvgIpc) is 2.92. The third kappa shape index (κ3) is 7.49. The van der Waals surface area contributed by atoms with Crippen LogP contribution >= 0.6 is 34.8 Å². The largest absolute Gasteiger partial charge is 0.352 e. The molecular formula is C29H32Cl3N3O4S. The summed E-state index contributed by atoms with van der Waals surface area (Å²) in [6.45, 7) is 6.46. The van der Waals surface area contributed by atoms with Gasteiger partial charge in [0, 0.05) is 27.7 Å². The highest BCUT2D eigenvalue weighted by atomic mass is 35.5. The number of amides is 2. The van der Waals surface area contributed by atoms with E-state index in [1.54, 1.807) is 68.4 Å². The molecule has 0 saturated carbocycles. The number of sulfonamides is 1. The molecule has 214 valence electrons. The Kier molecular flexibility index (Phi) is 10.9. The molecule has 0 radical (unpaired) electrons. The number of nitrogens with one attached hydrogen (secondary N) is 1. The van der Waals surface area contributed by atoms with Crippen molar-refractivity contribution < 1.29 is 18.0 Å². The Morgan fingerprint density at radius 1 is 0.925 bits per heavy atom. The van der Waals surface area contributed by atoms with Crippen molar-refractivity contribution in [3.63, 3.8) is 0 Å². The molecular weight excluding hydrogens is 593 g/mol. The first kappa shape index (κ1) is 31.7. The maximum Gasteiger partial charge on any atom is 0.264 e. The number of anilines is 1. The maximum atomic E-state index is 14.0. The molecule has 7 nitrogen and oxygen atoms in total. The number of hydrogen-bond donors (Lipinski definition) is 1. The van der Waals surface area contributed by atoms with Crippen molar-refractivity contribution in [2.45, 2.75) is 57.6 Å². The fraction of sp³-hybridized carbons (Fsp3) is 0.310. The SMILES string of the molecule is CC[C@@H](C)NC(=O)[C@H](C)N(Cc1ccc(Cl)cc1Cl)C(=O)CN(c1cccc(Cl)c1C)S(=O)(=O)c1ccccc1. The fourth-order valence-corrected chi connectivity index (χ4v) is 6.11. The normalized spacial score (nSPS) is 12.9. The van der Waals surface area contributed by atoms with Gasteiger partial charge in [-0.3, -0.25) is 13.9 Å². The van der Waals surface area contributed by atoms with Crippen LogP contribution in [0.3, 0.4) is 0 Å². The zero-order valence-electron chi connectivity index (χ0n) is 22.7. The minimum Gasteiger partial charge on any atom is -0.352 e. The van der Waals surface area contributed by atoms with E-state index in [0.29, 0.717) is 32.6 Å². The summed E-state index contributed by atoms with van der Waals surface area (Å²) >= 11 is 18.8. The summed E-state index contributed by atoms with van der Waals surface area (Å²) in [5.41, 5.74) is 1.30. The molecule has 0 aliphatic carbocycles. The van der Waals surface area contributed by atoms with Crippen LogP contribution in [0.1, 0.15) is 38.3 Å². The van der Waals surface area contributed by atoms with Crippen molar-refractivity contribution in [3.05, 3.63) is 92.9 Å². The van der Waals surface area contributed by atoms with E-state index in [1.165, 1.54) is 17.0 Å². The van der Waals surface area contributed by atoms with Gasteiger partial charge in [-0.15, -0.1) is 0 Å². The third-order valence-corrected chi connectivity index (χ3v) is 9.41. The molecule has 3 rings (SSSR count). The van der Waals surface area contributed by atoms with E-state index in [0.717, 1.165) is 4.31 Å². The number of hydrogen-bond acceptors (Lipinski definition) is 4. The minimum absolute atomic E-state index is 0.0111. The topological polar surface area (TPSA) is 86.8 Å². The van der Waals surface area contributed by atoms with E-state index in [-0.39, 0.29) is 29.1 Å². The van der Waals surface area contributed by atoms with Gasteiger partial charge in [-0.25, -0.2) is 8.42 Å². The molecule has 3 aromatic rings. The second-order valence-corrected chi connectivity index (χ2v) is 12.6. The van der Waals surface area contributed by atoms with Gasteiger partial charge >= 0.3 is 0 Å². The number of halogens is 3. The summed E-state index contributed by atoms with van der Waals surface area (Å²) in [7, 11) is -4.19. The van der Waals surface area contributed by atoms with E-state index in [4.69, 9.17) is 34.8 Å². The van der Waals surface area contributed by atoms with Gasteiger partial charge < -0.3 is 10.2 Å². The lowest BCUT2D eigenvalue weighted by Crippen LogP contribution is -2.52. The Labute approximate surface area is 251 Å². The van der Waals surface area contributed by atoms with Crippen LogP contribution in [0.5, 0.6) is 0 Å². The van der Waals surface area contributed by atoms with Gasteiger partial charge in [0.25, 0.3) is 10.0 Å². The summed E-state index contributed by atoms with van der Waals surface area (Å²) in [5.74, 6) is -0.971. The van der Waals surface area contributed by atoms with Gasteiger partial charge in [0.05, 0.1) is 10.6 Å². The molecule has 0 spiro atoms. The molecule has 2 atom stereocenters. The highest BCUT2D eigenvalue weighted by molar-refractivity contribution is 7.92. The van der Waals surface area contributed by atoms with Gasteiger partial charge in [0.2, 0.25) is 11.8 Å². The zero-order chi connectivity index (χ0) is 29.6. The quantitative estimate of drug-likeness (QED) is 0.265. The highest BCUT2D eigenvalue weighted by Gasteiger charge is 2.33. The summed E-state index contributed by atoms with van der Waals surface area (Å²) in [4.78, 5) is 28.5. The van der Waals surface area contributed by atoms with Crippen molar-refractivity contribution in [3.8, 4) is 0 Å². The van der Waals surface area contributed by atoms with Crippen LogP contribution in [0.15, 0.2) is 71.6 Å². The number of rotatable bonds is 11. The average molecular weight is 625 g/mol. The molecule has 0 aliphatic rings. The molecule has 0 saturated heterocycles. The minimum atomic E-state index is -4.19. The molecule has 2 amide bonds. The molecule has 0 aliphatic heterocycles. The Morgan fingerprint density at radius 3 is 2.23 bits per heavy atom. The van der Waals surface area contributed by atoms with Crippen molar-refractivity contribution in [1.29, 1.82) is 0 Å². The van der Waals surface area contributed by atoms with Crippen LogP contribution in [-0.4, -0.2) is 43.8 Å². The first-order valence-corrected chi connectivity index (χ1v) is 15.3. The van der Waals surface area contributed by atoms with Crippen LogP contribution < -0.4 is 9.62 Å². The highest BCUT2D eigenvalue weighted by Crippen LogP contribution is 2.31. The molecule has 3 aromatic carbocycles. The number of nitrogens with zero attached hydrogens (tertiary/aromatic N) is 2. The summed E-state index contributed by atoms with van der Waals surface area (Å²) in [6.07, 6.45) is 0.701. The van der Waals surface area contributed by atoms with E-state index in [9.17, 15) is 18.0 Å². The second-order valence-electron chi connectivity index (χ2n) is 9.46. The molecule has 0 unspecified atom stereocenters. The number of carbonyl (C=O) groups excluding carboxylic acids is 2. The monoisotopic (exact) mass is 623 g/mol. The summed E-state index contributed by atoms with van der Waals surface area (Å²) in [5, 5.41) is 3.99. The smallest absolute Gasteiger partial charge is 0.264 e. The Hall–Kier alpha value is -2.78. The van der Waals surface area contributed by atoms with Gasteiger partial charge in [-0.2, -0.15) is 0 Å². The molecule has 0 heterocycles. The van der Waals surface area contributed by atoms with Gasteiger partial charge in [0.1, 0.15) is 12.6 Å². The van der Waals surface area contributed by atoms with Crippen LogP contribution in [0.2, 0.25) is 15.1 Å². The lowest BCUT2D eigenvalue weighted by atomic mass is 10.1. The molecule has 0 fully saturated rings. The predicted octanol–water partition coefficient (Wildman–Crippen LogP) is 6.48. The lowest BCUT2D eigenvalue weighted by molar-refractivity contribution is -0.139. The van der Waals surface area contributed by atoms with E-state index >= 15 is 0 Å². The van der Waals surface area contributed by atoms with Gasteiger partial charge in [0.15, 0.2) is 0 Å². The standard InChI is InChI=1S/C29H32Cl3N3O4S/c1-5-19(2)33-29(37)21(4)34(17-22-14-15-23(30)16-26(22)32)28(36)18-35(27-13-9-12-25(31)20(27)3)40(38,39)24-10-7-6-8-11-24/h6-16,19,21H,5,17-18H2,1-4H3,(H,33,37)/t19-,21+/m1/s1. The zero-order valence-corrected chi connectivity index (χ0v) is 25.8. The molecule has 0 aromatic heterocycles. The van der Waals surface area contributed by atoms with Crippen molar-refractivity contribution in [2.75, 3.05) is 10.8 Å². The Morgan fingerprint density at radius 2 is 1.60 bits per heavy atom. The van der Waals surface area contributed by atoms with E-state index in [2.05, 4.69) is 5.32 Å². The number of benzene rings is 3. The van der Waals surface area contributed by atoms with Crippen LogP contribution in [0, 0.1) is 6.92 Å². The first-order valence-electron chi connectivity index (χ1n) is 12.7. The van der Waals surface area contributed by atoms with E-state index < -0.39 is 28.5 Å². The van der Waals surface area contributed by atoms with Gasteiger partial charge in [-0.05, 0) is 74.7 Å². The molecule has 11 heteroatoms. The van der Waals surface area contributed by atoms with Crippen LogP contribution in [0.25, 0.3) is 0 Å². The summed E-state index contributed by atoms with van der Waals surface area (Å²) < 4.78 is 28.8. The third-order valence-electron chi connectivity index (χ3n) is 6.64. The molecule has 0 bridgehead atoms. The van der Waals surface area contributed by atoms with Crippen LogP contribution in [0.4, 0.5) is 5.69 Å². The van der Waals surface area contributed by atoms with Crippen LogP contribution in [-0.2, 0) is 26.2 Å². The Balaban J connectivity index is 2.08. The predicted molar refractivity (Wildman–Crippen MR) is 162 cm³/mol. The van der Waals surface area contributed by atoms with Gasteiger partial charge in [-0.1, -0.05) is 72.1 Å². The maximum absolute atomic E-state index is 14.0. The fourth-order valence-electron chi connectivity index (χ4n) is 3.98. The second kappa shape index (κ2) is 13.7. The van der Waals surface area contributed by atoms with Crippen molar-refractivity contribution >= 4 is 62.3 Å². The van der Waals surface area contributed by atoms with Crippen molar-refractivity contribution in [2.24, 2.45) is 0 Å². The summed E-state index contributed by atoms with van der Waals surface area (Å²) in [6, 6.07) is 16.5. The molecule has 1 N–H and O–H groups in total. The number of carbonyl (C=O) groups is 2. The van der Waals surface area contributed by atoms with Crippen molar-refractivity contribution in [1.82, 2.24) is 10.2 Å². The van der Waals surface area contributed by atoms with E-state index in [1.807, 2.05) is 13.8 Å². The Bertz CT molecular complexity index is 1470. The molecule has 40 heavy (non-hydrogen) atoms. The lowest BCUT2D eigenvalue weighted by Gasteiger charge is -2.33.